The van der Waals surface area contributed by atoms with Crippen molar-refractivity contribution in [1.29, 1.82) is 0 Å². The molecule has 0 aromatic heterocycles. The molecule has 0 spiro atoms. The number of likely N-dealkylation sites (N-methyl/N-ethyl adjacent to an activating group) is 1. The molecule has 1 saturated heterocycles. The number of rotatable bonds is 8. The summed E-state index contributed by atoms with van der Waals surface area (Å²) in [6.45, 7) is 8.02. The maximum Gasteiger partial charge on any atom is 0.239 e. The van der Waals surface area contributed by atoms with Crippen molar-refractivity contribution in [2.75, 3.05) is 31.1 Å². The van der Waals surface area contributed by atoms with E-state index in [9.17, 15) is 13.2 Å². The molecule has 2 atom stereocenters. The SMILES string of the molecule is CCN(CC)C(=O)C1CC(CCCS(=O)(=O)CC)CCN1. The van der Waals surface area contributed by atoms with Crippen LogP contribution in [0.2, 0.25) is 0 Å². The smallest absolute Gasteiger partial charge is 0.239 e. The molecule has 5 nitrogen and oxygen atoms in total. The summed E-state index contributed by atoms with van der Waals surface area (Å²) in [5.74, 6) is 1.15. The van der Waals surface area contributed by atoms with Crippen molar-refractivity contribution in [1.82, 2.24) is 10.2 Å². The predicted octanol–water partition coefficient (Wildman–Crippen LogP) is 1.44. The van der Waals surface area contributed by atoms with E-state index in [2.05, 4.69) is 5.32 Å². The number of hydrogen-bond donors (Lipinski definition) is 1. The lowest BCUT2D eigenvalue weighted by Gasteiger charge is -2.32. The third-order valence-electron chi connectivity index (χ3n) is 4.39. The maximum absolute atomic E-state index is 12.4. The number of nitrogens with zero attached hydrogens (tertiary/aromatic N) is 1. The first-order valence-corrected chi connectivity index (χ1v) is 9.98. The summed E-state index contributed by atoms with van der Waals surface area (Å²) in [7, 11) is -2.86. The molecule has 0 aromatic carbocycles. The summed E-state index contributed by atoms with van der Waals surface area (Å²) >= 11 is 0. The van der Waals surface area contributed by atoms with Gasteiger partial charge in [-0.3, -0.25) is 4.79 Å². The lowest BCUT2D eigenvalue weighted by atomic mass is 9.88. The maximum atomic E-state index is 12.4. The molecule has 0 aromatic rings. The topological polar surface area (TPSA) is 66.5 Å². The summed E-state index contributed by atoms with van der Waals surface area (Å²) < 4.78 is 23.0. The van der Waals surface area contributed by atoms with Gasteiger partial charge in [0.15, 0.2) is 0 Å². The van der Waals surface area contributed by atoms with Crippen LogP contribution in [-0.4, -0.2) is 56.4 Å². The van der Waals surface area contributed by atoms with Crippen molar-refractivity contribution in [3.8, 4) is 0 Å². The quantitative estimate of drug-likeness (QED) is 0.735. The van der Waals surface area contributed by atoms with Gasteiger partial charge in [-0.25, -0.2) is 8.42 Å². The second kappa shape index (κ2) is 8.73. The third-order valence-corrected chi connectivity index (χ3v) is 6.18. The Morgan fingerprint density at radius 2 is 1.90 bits per heavy atom. The standard InChI is InChI=1S/C15H30N2O3S/c1-4-17(5-2)15(18)14-12-13(9-10-16-14)8-7-11-21(19,20)6-3/h13-14,16H,4-12H2,1-3H3. The molecule has 0 aliphatic carbocycles. The van der Waals surface area contributed by atoms with E-state index in [1.807, 2.05) is 18.7 Å². The molecular formula is C15H30N2O3S. The van der Waals surface area contributed by atoms with E-state index < -0.39 is 9.84 Å². The Hall–Kier alpha value is -0.620. The van der Waals surface area contributed by atoms with Gasteiger partial charge in [0.05, 0.1) is 11.8 Å². The molecule has 1 fully saturated rings. The molecule has 21 heavy (non-hydrogen) atoms. The number of nitrogens with one attached hydrogen (secondary N) is 1. The summed E-state index contributed by atoms with van der Waals surface area (Å²) in [6.07, 6.45) is 3.49. The summed E-state index contributed by atoms with van der Waals surface area (Å²) in [6, 6.07) is -0.0913. The predicted molar refractivity (Wildman–Crippen MR) is 86.0 cm³/mol. The molecular weight excluding hydrogens is 288 g/mol. The summed E-state index contributed by atoms with van der Waals surface area (Å²) in [4.78, 5) is 14.2. The fourth-order valence-electron chi connectivity index (χ4n) is 2.94. The Bertz CT molecular complexity index is 419. The van der Waals surface area contributed by atoms with E-state index in [-0.39, 0.29) is 23.5 Å². The van der Waals surface area contributed by atoms with Gasteiger partial charge in [0, 0.05) is 18.8 Å². The van der Waals surface area contributed by atoms with Gasteiger partial charge >= 0.3 is 0 Å². The molecule has 0 saturated carbocycles. The van der Waals surface area contributed by atoms with Crippen LogP contribution in [0.5, 0.6) is 0 Å². The second-order valence-corrected chi connectivity index (χ2v) is 8.26. The van der Waals surface area contributed by atoms with E-state index in [0.29, 0.717) is 12.3 Å². The minimum Gasteiger partial charge on any atom is -0.342 e. The van der Waals surface area contributed by atoms with Crippen molar-refractivity contribution < 1.29 is 13.2 Å². The average molecular weight is 318 g/mol. The monoisotopic (exact) mass is 318 g/mol. The van der Waals surface area contributed by atoms with Gasteiger partial charge in [0.1, 0.15) is 9.84 Å². The molecule has 1 N–H and O–H groups in total. The fourth-order valence-corrected chi connectivity index (χ4v) is 3.83. The van der Waals surface area contributed by atoms with Gasteiger partial charge in [-0.15, -0.1) is 0 Å². The van der Waals surface area contributed by atoms with Gasteiger partial charge in [0.25, 0.3) is 0 Å². The van der Waals surface area contributed by atoms with Crippen molar-refractivity contribution in [3.63, 3.8) is 0 Å². The number of amides is 1. The van der Waals surface area contributed by atoms with Gasteiger partial charge < -0.3 is 10.2 Å². The van der Waals surface area contributed by atoms with Crippen LogP contribution >= 0.6 is 0 Å². The van der Waals surface area contributed by atoms with Crippen LogP contribution in [0.1, 0.15) is 46.5 Å². The molecule has 124 valence electrons. The van der Waals surface area contributed by atoms with Crippen LogP contribution in [0.15, 0.2) is 0 Å². The normalized spacial score (nSPS) is 23.0. The van der Waals surface area contributed by atoms with Crippen molar-refractivity contribution in [3.05, 3.63) is 0 Å². The van der Waals surface area contributed by atoms with Gasteiger partial charge in [0.2, 0.25) is 5.91 Å². The van der Waals surface area contributed by atoms with Crippen LogP contribution in [0.3, 0.4) is 0 Å². The Balaban J connectivity index is 2.43. The molecule has 0 bridgehead atoms. The highest BCUT2D eigenvalue weighted by atomic mass is 32.2. The Kier molecular flexibility index (Phi) is 7.66. The third kappa shape index (κ3) is 5.94. The number of hydrogen-bond acceptors (Lipinski definition) is 4. The van der Waals surface area contributed by atoms with E-state index in [4.69, 9.17) is 0 Å². The van der Waals surface area contributed by atoms with Gasteiger partial charge in [-0.1, -0.05) is 6.92 Å². The number of carbonyl (C=O) groups is 1. The minimum atomic E-state index is -2.86. The van der Waals surface area contributed by atoms with E-state index >= 15 is 0 Å². The molecule has 6 heteroatoms. The zero-order chi connectivity index (χ0) is 15.9. The molecule has 1 aliphatic heterocycles. The molecule has 1 amide bonds. The van der Waals surface area contributed by atoms with Crippen molar-refractivity contribution >= 4 is 15.7 Å². The highest BCUT2D eigenvalue weighted by molar-refractivity contribution is 7.91. The average Bonchev–Trinajstić information content (AvgIpc) is 2.48. The number of carbonyl (C=O) groups excluding carboxylic acids is 1. The summed E-state index contributed by atoms with van der Waals surface area (Å²) in [5, 5.41) is 3.31. The first-order chi connectivity index (χ1) is 9.93. The van der Waals surface area contributed by atoms with Crippen molar-refractivity contribution in [2.24, 2.45) is 5.92 Å². The largest absolute Gasteiger partial charge is 0.342 e. The highest BCUT2D eigenvalue weighted by Crippen LogP contribution is 2.22. The van der Waals surface area contributed by atoms with E-state index in [1.54, 1.807) is 6.92 Å². The minimum absolute atomic E-state index is 0.0913. The molecule has 2 unspecified atom stereocenters. The Morgan fingerprint density at radius 3 is 2.48 bits per heavy atom. The molecule has 1 aliphatic rings. The van der Waals surface area contributed by atoms with Crippen LogP contribution in [0, 0.1) is 5.92 Å². The van der Waals surface area contributed by atoms with Crippen LogP contribution in [-0.2, 0) is 14.6 Å². The van der Waals surface area contributed by atoms with Gasteiger partial charge in [-0.05, 0) is 52.0 Å². The van der Waals surface area contributed by atoms with Crippen LogP contribution in [0.25, 0.3) is 0 Å². The first kappa shape index (κ1) is 18.4. The summed E-state index contributed by atoms with van der Waals surface area (Å²) in [5.41, 5.74) is 0. The zero-order valence-corrected chi connectivity index (χ0v) is 14.4. The molecule has 1 heterocycles. The lowest BCUT2D eigenvalue weighted by Crippen LogP contribution is -2.50. The van der Waals surface area contributed by atoms with E-state index in [0.717, 1.165) is 38.9 Å². The number of sulfone groups is 1. The fraction of sp³-hybridized carbons (Fsp3) is 0.933. The second-order valence-electron chi connectivity index (χ2n) is 5.79. The Morgan fingerprint density at radius 1 is 1.24 bits per heavy atom. The van der Waals surface area contributed by atoms with Crippen LogP contribution < -0.4 is 5.32 Å². The van der Waals surface area contributed by atoms with E-state index in [1.165, 1.54) is 0 Å². The highest BCUT2D eigenvalue weighted by Gasteiger charge is 2.29. The lowest BCUT2D eigenvalue weighted by molar-refractivity contribution is -0.134. The zero-order valence-electron chi connectivity index (χ0n) is 13.6. The van der Waals surface area contributed by atoms with Crippen molar-refractivity contribution in [2.45, 2.75) is 52.5 Å². The number of piperidine rings is 1. The first-order valence-electron chi connectivity index (χ1n) is 8.16. The van der Waals surface area contributed by atoms with Gasteiger partial charge in [-0.2, -0.15) is 0 Å². The molecule has 1 rings (SSSR count). The molecule has 0 radical (unpaired) electrons. The Labute approximate surface area is 129 Å². The van der Waals surface area contributed by atoms with Crippen LogP contribution in [0.4, 0.5) is 0 Å².